The number of carbonyl (C=O) groups excluding carboxylic acids is 1. The summed E-state index contributed by atoms with van der Waals surface area (Å²) in [5, 5.41) is 12.2. The topological polar surface area (TPSA) is 166 Å². The number of nitrogens with zero attached hydrogens (tertiary/aromatic N) is 2. The maximum absolute atomic E-state index is 13.6. The molecular weight excluding hydrogens is 542 g/mol. The van der Waals surface area contributed by atoms with Crippen molar-refractivity contribution >= 4 is 12.1 Å². The Bertz CT molecular complexity index is 1380. The van der Waals surface area contributed by atoms with Gasteiger partial charge in [-0.3, -0.25) is 13.9 Å². The first-order chi connectivity index (χ1) is 19.5. The van der Waals surface area contributed by atoms with Gasteiger partial charge in [-0.25, -0.2) is 14.4 Å². The third kappa shape index (κ3) is 6.35. The predicted octanol–water partition coefficient (Wildman–Crippen LogP) is 0.865. The van der Waals surface area contributed by atoms with E-state index in [2.05, 4.69) is 11.9 Å². The number of benzene rings is 1. The normalized spacial score (nSPS) is 24.2. The number of ether oxygens (including phenoxy) is 6. The summed E-state index contributed by atoms with van der Waals surface area (Å²) in [4.78, 5) is 50.7. The summed E-state index contributed by atoms with van der Waals surface area (Å²) in [6.07, 6.45) is -3.71. The van der Waals surface area contributed by atoms with Crippen LogP contribution < -0.4 is 21.3 Å². The Morgan fingerprint density at radius 1 is 1.15 bits per heavy atom. The Morgan fingerprint density at radius 2 is 1.83 bits per heavy atom. The van der Waals surface area contributed by atoms with E-state index in [1.807, 2.05) is 0 Å². The molecule has 6 atom stereocenters. The lowest BCUT2D eigenvalue weighted by atomic mass is 9.99. The van der Waals surface area contributed by atoms with Gasteiger partial charge < -0.3 is 38.8 Å². The average Bonchev–Trinajstić information content (AvgIpc) is 3.43. The summed E-state index contributed by atoms with van der Waals surface area (Å²) < 4.78 is 36.1. The average molecular weight is 576 g/mol. The Labute approximate surface area is 235 Å². The van der Waals surface area contributed by atoms with Crippen molar-refractivity contribution in [2.75, 3.05) is 20.8 Å². The summed E-state index contributed by atoms with van der Waals surface area (Å²) in [5.41, 5.74) is -0.522. The van der Waals surface area contributed by atoms with Gasteiger partial charge in [-0.2, -0.15) is 0 Å². The molecule has 2 aliphatic rings. The molecule has 222 valence electrons. The van der Waals surface area contributed by atoms with Crippen LogP contribution in [0.2, 0.25) is 0 Å². The number of rotatable bonds is 11. The zero-order chi connectivity index (χ0) is 29.9. The number of fused-ring (bicyclic) bond motifs is 1. The zero-order valence-electron chi connectivity index (χ0n) is 23.1. The number of methoxy groups -OCH3 is 2. The monoisotopic (exact) mass is 575 g/mol. The lowest BCUT2D eigenvalue weighted by molar-refractivity contribution is -0.212. The van der Waals surface area contributed by atoms with E-state index in [4.69, 9.17) is 28.4 Å². The third-order valence-corrected chi connectivity index (χ3v) is 6.73. The highest BCUT2D eigenvalue weighted by Crippen LogP contribution is 2.44. The molecule has 3 heterocycles. The number of aliphatic carboxylic acids is 1. The third-order valence-electron chi connectivity index (χ3n) is 6.73. The van der Waals surface area contributed by atoms with E-state index in [1.165, 1.54) is 37.1 Å². The van der Waals surface area contributed by atoms with Crippen molar-refractivity contribution in [3.05, 3.63) is 75.6 Å². The maximum atomic E-state index is 13.6. The van der Waals surface area contributed by atoms with Gasteiger partial charge in [-0.1, -0.05) is 24.8 Å². The van der Waals surface area contributed by atoms with E-state index in [0.29, 0.717) is 11.3 Å². The van der Waals surface area contributed by atoms with Crippen molar-refractivity contribution in [1.82, 2.24) is 14.5 Å². The number of carbonyl (C=O) groups is 2. The fourth-order valence-corrected chi connectivity index (χ4v) is 4.93. The highest BCUT2D eigenvalue weighted by atomic mass is 16.8. The van der Waals surface area contributed by atoms with Gasteiger partial charge in [0.25, 0.3) is 5.56 Å². The summed E-state index contributed by atoms with van der Waals surface area (Å²) in [7, 11) is 2.79. The quantitative estimate of drug-likeness (QED) is 0.365. The van der Waals surface area contributed by atoms with Crippen LogP contribution in [0.4, 0.5) is 4.79 Å². The van der Waals surface area contributed by atoms with E-state index >= 15 is 0 Å². The van der Waals surface area contributed by atoms with Crippen LogP contribution in [0.3, 0.4) is 0 Å². The Morgan fingerprint density at radius 3 is 2.44 bits per heavy atom. The van der Waals surface area contributed by atoms with Gasteiger partial charge in [0, 0.05) is 19.4 Å². The molecule has 0 saturated carbocycles. The molecule has 0 spiro atoms. The van der Waals surface area contributed by atoms with Gasteiger partial charge >= 0.3 is 17.8 Å². The van der Waals surface area contributed by atoms with Gasteiger partial charge in [0.05, 0.1) is 13.7 Å². The second-order valence-electron chi connectivity index (χ2n) is 9.88. The highest BCUT2D eigenvalue weighted by molar-refractivity contribution is 5.80. The summed E-state index contributed by atoms with van der Waals surface area (Å²) >= 11 is 0. The fourth-order valence-electron chi connectivity index (χ4n) is 4.93. The number of carboxylic acid groups (broad SMARTS) is 1. The molecule has 4 rings (SSSR count). The maximum Gasteiger partial charge on any atom is 0.408 e. The van der Waals surface area contributed by atoms with Crippen LogP contribution in [0.15, 0.2) is 58.8 Å². The number of amides is 1. The van der Waals surface area contributed by atoms with E-state index in [9.17, 15) is 24.3 Å². The number of alkyl carbamates (subject to hydrolysis) is 1. The van der Waals surface area contributed by atoms with Crippen LogP contribution in [0.5, 0.6) is 5.75 Å². The molecule has 1 unspecified atom stereocenters. The summed E-state index contributed by atoms with van der Waals surface area (Å²) in [5.74, 6) is -1.91. The second-order valence-corrected chi connectivity index (χ2v) is 9.88. The zero-order valence-corrected chi connectivity index (χ0v) is 23.1. The van der Waals surface area contributed by atoms with E-state index in [-0.39, 0.29) is 13.2 Å². The van der Waals surface area contributed by atoms with Crippen molar-refractivity contribution in [3.8, 4) is 5.75 Å². The molecule has 0 aliphatic carbocycles. The van der Waals surface area contributed by atoms with Gasteiger partial charge in [-0.15, -0.1) is 0 Å². The summed E-state index contributed by atoms with van der Waals surface area (Å²) in [6.45, 7) is 6.61. The van der Waals surface area contributed by atoms with Crippen LogP contribution in [0.1, 0.15) is 25.6 Å². The van der Waals surface area contributed by atoms with E-state index in [0.717, 1.165) is 4.57 Å². The smallest absolute Gasteiger partial charge is 0.408 e. The van der Waals surface area contributed by atoms with Crippen LogP contribution in [-0.2, 0) is 35.0 Å². The largest absolute Gasteiger partial charge is 0.497 e. The molecule has 1 aromatic carbocycles. The lowest BCUT2D eigenvalue weighted by Crippen LogP contribution is -2.56. The first-order valence-electron chi connectivity index (χ1n) is 12.8. The number of carboxylic acids is 1. The van der Waals surface area contributed by atoms with E-state index < -0.39 is 65.8 Å². The summed E-state index contributed by atoms with van der Waals surface area (Å²) in [6, 6.07) is 6.51. The lowest BCUT2D eigenvalue weighted by Gasteiger charge is -2.31. The molecule has 0 bridgehead atoms. The van der Waals surface area contributed by atoms with Crippen LogP contribution >= 0.6 is 0 Å². The molecule has 0 radical (unpaired) electrons. The Balaban J connectivity index is 1.68. The second kappa shape index (κ2) is 12.3. The molecule has 14 heteroatoms. The minimum atomic E-state index is -1.62. The molecule has 2 aromatic rings. The molecule has 1 aromatic heterocycles. The number of nitrogens with one attached hydrogen (secondary N) is 1. The molecule has 41 heavy (non-hydrogen) atoms. The van der Waals surface area contributed by atoms with Crippen LogP contribution in [-0.4, -0.2) is 83.4 Å². The van der Waals surface area contributed by atoms with Crippen molar-refractivity contribution in [2.45, 2.75) is 62.9 Å². The molecule has 1 amide bonds. The molecule has 14 nitrogen and oxygen atoms in total. The molecule has 2 aliphatic heterocycles. The van der Waals surface area contributed by atoms with Crippen LogP contribution in [0, 0.1) is 0 Å². The first-order valence-corrected chi connectivity index (χ1v) is 12.8. The SMILES string of the molecule is C=CCOC(=O)N[C@H](C(=O)O)[C@H](OC)[C@H]1O[C@@H](n2ccc(=O)n(Cc3ccc(OC)cc3)c2=O)C2OC(C)(C)O[C@H]21. The number of aromatic nitrogens is 2. The minimum absolute atomic E-state index is 0.0197. The van der Waals surface area contributed by atoms with Gasteiger partial charge in [0.1, 0.15) is 36.8 Å². The van der Waals surface area contributed by atoms with Gasteiger partial charge in [-0.05, 0) is 31.5 Å². The van der Waals surface area contributed by atoms with Crippen molar-refractivity contribution in [3.63, 3.8) is 0 Å². The van der Waals surface area contributed by atoms with Gasteiger partial charge in [0.2, 0.25) is 0 Å². The van der Waals surface area contributed by atoms with Crippen LogP contribution in [0.25, 0.3) is 0 Å². The molecule has 2 N–H and O–H groups in total. The number of hydrogen-bond acceptors (Lipinski definition) is 10. The molecular formula is C27H33N3O11. The first kappa shape index (κ1) is 30.0. The molecule has 2 saturated heterocycles. The Kier molecular flexibility index (Phi) is 8.97. The fraction of sp³-hybridized carbons (Fsp3) is 0.481. The standard InChI is InChI=1S/C27H33N3O11/c1-6-13-38-25(34)28-18(24(32)33)19(37-5)20-21-22(41-27(2,3)40-21)23(39-20)29-12-11-17(31)30(26(29)35)14-15-7-9-16(36-4)10-8-15/h6-12,18-23H,1,13-14H2,2-5H3,(H,28,34)(H,32,33)/t18-,19-,20+,21-,22?,23+/m0/s1. The Hall–Kier alpha value is -3.98. The van der Waals surface area contributed by atoms with E-state index in [1.54, 1.807) is 38.1 Å². The minimum Gasteiger partial charge on any atom is -0.497 e. The highest BCUT2D eigenvalue weighted by Gasteiger charge is 2.60. The number of hydrogen-bond donors (Lipinski definition) is 2. The van der Waals surface area contributed by atoms with Crippen molar-refractivity contribution < 1.29 is 43.1 Å². The molecule has 2 fully saturated rings. The van der Waals surface area contributed by atoms with Gasteiger partial charge in [0.15, 0.2) is 18.1 Å². The van der Waals surface area contributed by atoms with Crippen molar-refractivity contribution in [2.24, 2.45) is 0 Å². The van der Waals surface area contributed by atoms with Crippen molar-refractivity contribution in [1.29, 1.82) is 0 Å². The predicted molar refractivity (Wildman–Crippen MR) is 142 cm³/mol.